The van der Waals surface area contributed by atoms with Crippen LogP contribution >= 0.6 is 11.6 Å². The maximum atomic E-state index is 5.85. The summed E-state index contributed by atoms with van der Waals surface area (Å²) in [5.41, 5.74) is 9.10. The Balaban J connectivity index is 2.13. The van der Waals surface area contributed by atoms with Gasteiger partial charge >= 0.3 is 0 Å². The lowest BCUT2D eigenvalue weighted by Crippen LogP contribution is -1.81. The molecule has 1 aromatic heterocycles. The van der Waals surface area contributed by atoms with Crippen molar-refractivity contribution in [3.8, 4) is 11.1 Å². The molecule has 0 saturated carbocycles. The van der Waals surface area contributed by atoms with Crippen molar-refractivity contribution in [2.24, 2.45) is 0 Å². The van der Waals surface area contributed by atoms with Gasteiger partial charge in [0.15, 0.2) is 5.58 Å². The molecule has 0 unspecified atom stereocenters. The molecule has 3 aromatic rings. The first-order chi connectivity index (χ1) is 8.22. The number of rotatable bonds is 1. The molecular weight excluding hydrogens is 236 g/mol. The van der Waals surface area contributed by atoms with Gasteiger partial charge in [0.1, 0.15) is 5.52 Å². The van der Waals surface area contributed by atoms with Gasteiger partial charge in [-0.05, 0) is 35.4 Å². The number of nitrogens with zero attached hydrogens (tertiary/aromatic N) is 1. The summed E-state index contributed by atoms with van der Waals surface area (Å²) in [6, 6.07) is 13.6. The smallest absolute Gasteiger partial charge is 0.292 e. The van der Waals surface area contributed by atoms with E-state index in [2.05, 4.69) is 4.98 Å². The van der Waals surface area contributed by atoms with E-state index in [-0.39, 0.29) is 6.01 Å². The van der Waals surface area contributed by atoms with Crippen molar-refractivity contribution < 1.29 is 4.42 Å². The first-order valence-corrected chi connectivity index (χ1v) is 5.52. The Morgan fingerprint density at radius 2 is 1.71 bits per heavy atom. The topological polar surface area (TPSA) is 52.0 Å². The monoisotopic (exact) mass is 244 g/mol. The summed E-state index contributed by atoms with van der Waals surface area (Å²) in [6.07, 6.45) is 0. The molecular formula is C13H9ClN2O. The lowest BCUT2D eigenvalue weighted by Gasteiger charge is -2.00. The van der Waals surface area contributed by atoms with Crippen molar-refractivity contribution in [2.75, 3.05) is 5.73 Å². The molecule has 2 N–H and O–H groups in total. The van der Waals surface area contributed by atoms with Gasteiger partial charge in [-0.25, -0.2) is 0 Å². The minimum Gasteiger partial charge on any atom is -0.424 e. The molecule has 4 heteroatoms. The minimum atomic E-state index is 0.188. The van der Waals surface area contributed by atoms with Gasteiger partial charge in [0.25, 0.3) is 6.01 Å². The van der Waals surface area contributed by atoms with E-state index < -0.39 is 0 Å². The van der Waals surface area contributed by atoms with Crippen LogP contribution in [0.3, 0.4) is 0 Å². The first kappa shape index (κ1) is 10.2. The summed E-state index contributed by atoms with van der Waals surface area (Å²) in [5.74, 6) is 0. The quantitative estimate of drug-likeness (QED) is 0.710. The fraction of sp³-hybridized carbons (Fsp3) is 0. The van der Waals surface area contributed by atoms with Crippen LogP contribution in [0, 0.1) is 0 Å². The van der Waals surface area contributed by atoms with E-state index in [1.165, 1.54) is 0 Å². The number of halogens is 1. The van der Waals surface area contributed by atoms with Gasteiger partial charge in [-0.2, -0.15) is 4.98 Å². The molecule has 84 valence electrons. The van der Waals surface area contributed by atoms with Crippen LogP contribution in [-0.4, -0.2) is 4.98 Å². The van der Waals surface area contributed by atoms with Crippen molar-refractivity contribution >= 4 is 28.7 Å². The van der Waals surface area contributed by atoms with Crippen LogP contribution in [0.1, 0.15) is 0 Å². The van der Waals surface area contributed by atoms with Gasteiger partial charge in [0.05, 0.1) is 0 Å². The second-order valence-corrected chi connectivity index (χ2v) is 4.18. The summed E-state index contributed by atoms with van der Waals surface area (Å²) >= 11 is 5.85. The maximum absolute atomic E-state index is 5.85. The molecule has 2 aromatic carbocycles. The number of aromatic nitrogens is 1. The van der Waals surface area contributed by atoms with Crippen molar-refractivity contribution in [3.05, 3.63) is 47.5 Å². The molecule has 0 fully saturated rings. The normalized spacial score (nSPS) is 10.9. The van der Waals surface area contributed by atoms with Crippen molar-refractivity contribution in [1.29, 1.82) is 0 Å². The van der Waals surface area contributed by atoms with Crippen LogP contribution in [0.2, 0.25) is 5.02 Å². The van der Waals surface area contributed by atoms with Crippen LogP contribution in [0.15, 0.2) is 46.9 Å². The van der Waals surface area contributed by atoms with Gasteiger partial charge in [-0.15, -0.1) is 0 Å². The van der Waals surface area contributed by atoms with Crippen LogP contribution in [0.4, 0.5) is 6.01 Å². The Labute approximate surface area is 103 Å². The molecule has 0 aliphatic carbocycles. The number of oxazole rings is 1. The second-order valence-electron chi connectivity index (χ2n) is 3.74. The summed E-state index contributed by atoms with van der Waals surface area (Å²) in [6.45, 7) is 0. The largest absolute Gasteiger partial charge is 0.424 e. The first-order valence-electron chi connectivity index (χ1n) is 5.14. The van der Waals surface area contributed by atoms with Crippen LogP contribution in [0.5, 0.6) is 0 Å². The molecule has 3 rings (SSSR count). The van der Waals surface area contributed by atoms with Gasteiger partial charge < -0.3 is 10.2 Å². The molecule has 0 aliphatic heterocycles. The van der Waals surface area contributed by atoms with Gasteiger partial charge in [0, 0.05) is 5.02 Å². The predicted octanol–water partition coefficient (Wildman–Crippen LogP) is 3.73. The number of hydrogen-bond acceptors (Lipinski definition) is 3. The molecule has 0 bridgehead atoms. The van der Waals surface area contributed by atoms with E-state index >= 15 is 0 Å². The van der Waals surface area contributed by atoms with Crippen LogP contribution < -0.4 is 5.73 Å². The Morgan fingerprint density at radius 3 is 2.47 bits per heavy atom. The van der Waals surface area contributed by atoms with E-state index in [0.717, 1.165) is 21.7 Å². The van der Waals surface area contributed by atoms with Crippen molar-refractivity contribution in [3.63, 3.8) is 0 Å². The molecule has 0 amide bonds. The average Bonchev–Trinajstić information content (AvgIpc) is 2.69. The fourth-order valence-corrected chi connectivity index (χ4v) is 1.89. The van der Waals surface area contributed by atoms with E-state index in [9.17, 15) is 0 Å². The highest BCUT2D eigenvalue weighted by molar-refractivity contribution is 6.30. The number of fused-ring (bicyclic) bond motifs is 1. The summed E-state index contributed by atoms with van der Waals surface area (Å²) < 4.78 is 5.22. The third-order valence-corrected chi connectivity index (χ3v) is 2.83. The standard InChI is InChI=1S/C13H9ClN2O/c14-10-4-1-8(2-5-10)9-3-6-12-11(7-9)16-13(15)17-12/h1-7H,(H2,15,16). The molecule has 17 heavy (non-hydrogen) atoms. The third-order valence-electron chi connectivity index (χ3n) is 2.58. The minimum absolute atomic E-state index is 0.188. The zero-order valence-corrected chi connectivity index (χ0v) is 9.61. The number of nitrogens with two attached hydrogens (primary N) is 1. The Bertz CT molecular complexity index is 673. The number of nitrogen functional groups attached to an aromatic ring is 1. The predicted molar refractivity (Wildman–Crippen MR) is 68.9 cm³/mol. The molecule has 0 aliphatic rings. The summed E-state index contributed by atoms with van der Waals surface area (Å²) in [5, 5.41) is 0.723. The van der Waals surface area contributed by atoms with Crippen LogP contribution in [-0.2, 0) is 0 Å². The van der Waals surface area contributed by atoms with Crippen molar-refractivity contribution in [2.45, 2.75) is 0 Å². The summed E-state index contributed by atoms with van der Waals surface area (Å²) in [7, 11) is 0. The lowest BCUT2D eigenvalue weighted by atomic mass is 10.1. The number of benzene rings is 2. The molecule has 0 atom stereocenters. The van der Waals surface area contributed by atoms with E-state index in [1.807, 2.05) is 42.5 Å². The Morgan fingerprint density at radius 1 is 1.00 bits per heavy atom. The molecule has 0 saturated heterocycles. The highest BCUT2D eigenvalue weighted by atomic mass is 35.5. The van der Waals surface area contributed by atoms with E-state index in [0.29, 0.717) is 5.58 Å². The molecule has 0 spiro atoms. The average molecular weight is 245 g/mol. The van der Waals surface area contributed by atoms with Gasteiger partial charge in [-0.1, -0.05) is 29.8 Å². The fourth-order valence-electron chi connectivity index (χ4n) is 1.77. The molecule has 1 heterocycles. The zero-order valence-electron chi connectivity index (χ0n) is 8.85. The maximum Gasteiger partial charge on any atom is 0.292 e. The number of hydrogen-bond donors (Lipinski definition) is 1. The SMILES string of the molecule is Nc1nc2cc(-c3ccc(Cl)cc3)ccc2o1. The third kappa shape index (κ3) is 1.85. The lowest BCUT2D eigenvalue weighted by molar-refractivity contribution is 0.626. The molecule has 0 radical (unpaired) electrons. The summed E-state index contributed by atoms with van der Waals surface area (Å²) in [4.78, 5) is 4.10. The van der Waals surface area contributed by atoms with Gasteiger partial charge in [-0.3, -0.25) is 0 Å². The van der Waals surface area contributed by atoms with E-state index in [4.69, 9.17) is 21.8 Å². The second kappa shape index (κ2) is 3.79. The Hall–Kier alpha value is -2.00. The molecule has 3 nitrogen and oxygen atoms in total. The zero-order chi connectivity index (χ0) is 11.8. The van der Waals surface area contributed by atoms with Gasteiger partial charge in [0.2, 0.25) is 0 Å². The number of anilines is 1. The highest BCUT2D eigenvalue weighted by Gasteiger charge is 2.04. The highest BCUT2D eigenvalue weighted by Crippen LogP contribution is 2.26. The van der Waals surface area contributed by atoms with E-state index in [1.54, 1.807) is 0 Å². The van der Waals surface area contributed by atoms with Crippen molar-refractivity contribution in [1.82, 2.24) is 4.98 Å². The Kier molecular flexibility index (Phi) is 2.27. The van der Waals surface area contributed by atoms with Crippen LogP contribution in [0.25, 0.3) is 22.2 Å².